The Bertz CT molecular complexity index is 1070. The maximum Gasteiger partial charge on any atom is 0.161 e. The summed E-state index contributed by atoms with van der Waals surface area (Å²) in [6, 6.07) is 12.2. The van der Waals surface area contributed by atoms with E-state index in [9.17, 15) is 5.11 Å². The average Bonchev–Trinajstić information content (AvgIpc) is 3.27. The lowest BCUT2D eigenvalue weighted by Crippen LogP contribution is -2.46. The summed E-state index contributed by atoms with van der Waals surface area (Å²) in [6.07, 6.45) is 1.56. The summed E-state index contributed by atoms with van der Waals surface area (Å²) < 4.78 is 16.9. The molecule has 0 unspecified atom stereocenters. The second-order valence-electron chi connectivity index (χ2n) is 8.21. The van der Waals surface area contributed by atoms with Crippen molar-refractivity contribution >= 4 is 0 Å². The van der Waals surface area contributed by atoms with Crippen LogP contribution in [0.15, 0.2) is 42.6 Å². The molecular formula is C25H31N3O4. The Morgan fingerprint density at radius 3 is 2.69 bits per heavy atom. The average molecular weight is 438 g/mol. The minimum atomic E-state index is -0.335. The molecule has 0 amide bonds. The number of hydrogen-bond donors (Lipinski definition) is 2. The molecular weight excluding hydrogens is 406 g/mol. The Balaban J connectivity index is 1.69. The van der Waals surface area contributed by atoms with Crippen LogP contribution in [-0.2, 0) is 11.3 Å². The first-order chi connectivity index (χ1) is 15.5. The van der Waals surface area contributed by atoms with Crippen LogP contribution in [0.3, 0.4) is 0 Å². The SMILES string of the molecule is COc1ccc([C@@H]2[C@@H](CO)OCCN2Cc2cn[nH]c2-c2cc(C)ccc2C)cc1OC. The van der Waals surface area contributed by atoms with Crippen LogP contribution in [0.1, 0.15) is 28.3 Å². The third-order valence-electron chi connectivity index (χ3n) is 6.14. The summed E-state index contributed by atoms with van der Waals surface area (Å²) in [4.78, 5) is 2.34. The molecule has 1 aliphatic heterocycles. The minimum Gasteiger partial charge on any atom is -0.493 e. The Kier molecular flexibility index (Phi) is 6.79. The smallest absolute Gasteiger partial charge is 0.161 e. The standard InChI is InChI=1S/C25H31N3O4/c1-16-5-6-17(2)20(11-16)24-19(13-26-27-24)14-28-9-10-32-23(15-29)25(28)18-7-8-21(30-3)22(12-18)31-4/h5-8,11-13,23,25,29H,9-10,14-15H2,1-4H3,(H,26,27)/t23-,25-/m1/s1. The van der Waals surface area contributed by atoms with Gasteiger partial charge < -0.3 is 19.3 Å². The highest BCUT2D eigenvalue weighted by Gasteiger charge is 2.34. The van der Waals surface area contributed by atoms with E-state index in [1.54, 1.807) is 14.2 Å². The monoisotopic (exact) mass is 437 g/mol. The molecule has 0 saturated carbocycles. The Morgan fingerprint density at radius 1 is 1.12 bits per heavy atom. The molecule has 0 spiro atoms. The molecule has 0 radical (unpaired) electrons. The molecule has 0 aliphatic carbocycles. The highest BCUT2D eigenvalue weighted by atomic mass is 16.5. The maximum atomic E-state index is 10.1. The molecule has 1 fully saturated rings. The summed E-state index contributed by atoms with van der Waals surface area (Å²) in [5, 5.41) is 17.6. The molecule has 1 saturated heterocycles. The van der Waals surface area contributed by atoms with E-state index in [4.69, 9.17) is 14.2 Å². The summed E-state index contributed by atoms with van der Waals surface area (Å²) in [7, 11) is 3.25. The van der Waals surface area contributed by atoms with Gasteiger partial charge in [-0.15, -0.1) is 0 Å². The molecule has 7 heteroatoms. The minimum absolute atomic E-state index is 0.0647. The number of aryl methyl sites for hydroxylation is 2. The number of rotatable bonds is 7. The van der Waals surface area contributed by atoms with E-state index in [1.807, 2.05) is 24.4 Å². The van der Waals surface area contributed by atoms with Gasteiger partial charge in [0, 0.05) is 24.2 Å². The van der Waals surface area contributed by atoms with Crippen molar-refractivity contribution in [2.75, 3.05) is 34.0 Å². The number of methoxy groups -OCH3 is 2. The molecule has 4 rings (SSSR count). The van der Waals surface area contributed by atoms with Crippen molar-refractivity contribution in [3.05, 3.63) is 64.8 Å². The van der Waals surface area contributed by atoms with Crippen molar-refractivity contribution in [1.82, 2.24) is 15.1 Å². The number of aliphatic hydroxyl groups excluding tert-OH is 1. The Hall–Kier alpha value is -2.87. The number of benzene rings is 2. The number of ether oxygens (including phenoxy) is 3. The van der Waals surface area contributed by atoms with Crippen LogP contribution in [0.2, 0.25) is 0 Å². The van der Waals surface area contributed by atoms with Gasteiger partial charge in [-0.3, -0.25) is 10.00 Å². The molecule has 2 heterocycles. The van der Waals surface area contributed by atoms with Gasteiger partial charge in [-0.05, 0) is 43.2 Å². The second kappa shape index (κ2) is 9.73. The number of nitrogens with zero attached hydrogens (tertiary/aromatic N) is 2. The lowest BCUT2D eigenvalue weighted by molar-refractivity contribution is -0.0960. The van der Waals surface area contributed by atoms with E-state index in [-0.39, 0.29) is 18.8 Å². The van der Waals surface area contributed by atoms with Gasteiger partial charge in [-0.25, -0.2) is 0 Å². The zero-order chi connectivity index (χ0) is 22.7. The number of aromatic amines is 1. The zero-order valence-electron chi connectivity index (χ0n) is 19.1. The summed E-state index contributed by atoms with van der Waals surface area (Å²) in [5.41, 5.74) is 6.73. The number of aromatic nitrogens is 2. The molecule has 32 heavy (non-hydrogen) atoms. The molecule has 7 nitrogen and oxygen atoms in total. The molecule has 2 N–H and O–H groups in total. The van der Waals surface area contributed by atoms with Crippen LogP contribution >= 0.6 is 0 Å². The number of H-pyrrole nitrogens is 1. The Morgan fingerprint density at radius 2 is 1.94 bits per heavy atom. The van der Waals surface area contributed by atoms with E-state index in [2.05, 4.69) is 47.1 Å². The van der Waals surface area contributed by atoms with Crippen LogP contribution < -0.4 is 9.47 Å². The molecule has 1 aromatic heterocycles. The van der Waals surface area contributed by atoms with E-state index in [0.29, 0.717) is 24.7 Å². The van der Waals surface area contributed by atoms with Crippen molar-refractivity contribution in [1.29, 1.82) is 0 Å². The largest absolute Gasteiger partial charge is 0.493 e. The van der Waals surface area contributed by atoms with E-state index >= 15 is 0 Å². The quantitative estimate of drug-likeness (QED) is 0.587. The van der Waals surface area contributed by atoms with Gasteiger partial charge in [0.15, 0.2) is 11.5 Å². The lowest BCUT2D eigenvalue weighted by Gasteiger charge is -2.41. The first kappa shape index (κ1) is 22.3. The topological polar surface area (TPSA) is 79.8 Å². The fraction of sp³-hybridized carbons (Fsp3) is 0.400. The second-order valence-corrected chi connectivity index (χ2v) is 8.21. The number of aliphatic hydroxyl groups is 1. The van der Waals surface area contributed by atoms with Crippen LogP contribution in [-0.4, -0.2) is 60.3 Å². The van der Waals surface area contributed by atoms with Gasteiger partial charge in [0.2, 0.25) is 0 Å². The van der Waals surface area contributed by atoms with Crippen LogP contribution in [0, 0.1) is 13.8 Å². The van der Waals surface area contributed by atoms with Gasteiger partial charge in [0.25, 0.3) is 0 Å². The van der Waals surface area contributed by atoms with Gasteiger partial charge in [-0.2, -0.15) is 5.10 Å². The summed E-state index contributed by atoms with van der Waals surface area (Å²) >= 11 is 0. The van der Waals surface area contributed by atoms with Crippen LogP contribution in [0.5, 0.6) is 11.5 Å². The van der Waals surface area contributed by atoms with Crippen molar-refractivity contribution in [2.24, 2.45) is 0 Å². The fourth-order valence-electron chi connectivity index (χ4n) is 4.47. The first-order valence-electron chi connectivity index (χ1n) is 10.8. The highest BCUT2D eigenvalue weighted by molar-refractivity contribution is 5.67. The fourth-order valence-corrected chi connectivity index (χ4v) is 4.47. The van der Waals surface area contributed by atoms with Gasteiger partial charge in [0.05, 0.1) is 45.4 Å². The third-order valence-corrected chi connectivity index (χ3v) is 6.14. The first-order valence-corrected chi connectivity index (χ1v) is 10.8. The van der Waals surface area contributed by atoms with Crippen molar-refractivity contribution in [3.63, 3.8) is 0 Å². The van der Waals surface area contributed by atoms with E-state index < -0.39 is 0 Å². The summed E-state index contributed by atoms with van der Waals surface area (Å²) in [6.45, 7) is 6.13. The number of hydrogen-bond acceptors (Lipinski definition) is 6. The number of morpholine rings is 1. The van der Waals surface area contributed by atoms with Gasteiger partial charge >= 0.3 is 0 Å². The predicted molar refractivity (Wildman–Crippen MR) is 123 cm³/mol. The molecule has 3 aromatic rings. The normalized spacial score (nSPS) is 19.2. The molecule has 2 aromatic carbocycles. The molecule has 2 atom stereocenters. The predicted octanol–water partition coefficient (Wildman–Crippen LogP) is 3.65. The molecule has 170 valence electrons. The number of nitrogens with one attached hydrogen (secondary N) is 1. The lowest BCUT2D eigenvalue weighted by atomic mass is 9.96. The molecule has 1 aliphatic rings. The molecule has 0 bridgehead atoms. The third kappa shape index (κ3) is 4.37. The van der Waals surface area contributed by atoms with E-state index in [1.165, 1.54) is 11.1 Å². The maximum absolute atomic E-state index is 10.1. The van der Waals surface area contributed by atoms with Crippen molar-refractivity contribution in [2.45, 2.75) is 32.5 Å². The zero-order valence-corrected chi connectivity index (χ0v) is 19.1. The summed E-state index contributed by atoms with van der Waals surface area (Å²) in [5.74, 6) is 1.33. The van der Waals surface area contributed by atoms with Crippen LogP contribution in [0.4, 0.5) is 0 Å². The highest BCUT2D eigenvalue weighted by Crippen LogP contribution is 2.37. The van der Waals surface area contributed by atoms with Gasteiger partial charge in [-0.1, -0.05) is 23.8 Å². The van der Waals surface area contributed by atoms with E-state index in [0.717, 1.165) is 28.9 Å². The van der Waals surface area contributed by atoms with Crippen molar-refractivity contribution < 1.29 is 19.3 Å². The van der Waals surface area contributed by atoms with Crippen LogP contribution in [0.25, 0.3) is 11.3 Å². The van der Waals surface area contributed by atoms with Gasteiger partial charge in [0.1, 0.15) is 6.10 Å². The van der Waals surface area contributed by atoms with Crippen molar-refractivity contribution in [3.8, 4) is 22.8 Å². The Labute approximate surface area is 188 Å².